The average molecular weight is 391 g/mol. The molecule has 0 spiro atoms. The van der Waals surface area contributed by atoms with E-state index in [4.69, 9.17) is 0 Å². The van der Waals surface area contributed by atoms with Crippen molar-refractivity contribution in [3.8, 4) is 0 Å². The highest BCUT2D eigenvalue weighted by Gasteiger charge is 2.34. The van der Waals surface area contributed by atoms with Crippen molar-refractivity contribution in [1.82, 2.24) is 34.0 Å². The molecule has 1 saturated heterocycles. The smallest absolute Gasteiger partial charge is 0.328 e. The van der Waals surface area contributed by atoms with E-state index in [1.165, 1.54) is 23.9 Å². The zero-order valence-corrected chi connectivity index (χ0v) is 15.6. The fourth-order valence-corrected chi connectivity index (χ4v) is 3.88. The van der Waals surface area contributed by atoms with Crippen LogP contribution in [0.5, 0.6) is 0 Å². The Labute approximate surface area is 163 Å². The van der Waals surface area contributed by atoms with Crippen molar-refractivity contribution in [2.24, 2.45) is 7.05 Å². The third-order valence-electron chi connectivity index (χ3n) is 5.35. The number of carbonyl (C=O) groups excluding carboxylic acids is 1. The zero-order valence-electron chi connectivity index (χ0n) is 15.6. The third kappa shape index (κ3) is 2.64. The van der Waals surface area contributed by atoms with Gasteiger partial charge in [0.2, 0.25) is 0 Å². The molecule has 0 aromatic carbocycles. The number of aryl methyl sites for hydroxylation is 1. The highest BCUT2D eigenvalue weighted by atomic mass is 16.2. The molecular weight excluding hydrogens is 374 g/mol. The highest BCUT2D eigenvalue weighted by Crippen LogP contribution is 2.32. The maximum atomic E-state index is 13.2. The quantitative estimate of drug-likeness (QED) is 0.536. The van der Waals surface area contributed by atoms with E-state index >= 15 is 0 Å². The van der Waals surface area contributed by atoms with Crippen molar-refractivity contribution in [3.05, 3.63) is 68.9 Å². The van der Waals surface area contributed by atoms with Crippen LogP contribution in [0.25, 0.3) is 16.7 Å². The molecule has 5 rings (SSSR count). The minimum Gasteiger partial charge on any atom is -0.328 e. The van der Waals surface area contributed by atoms with Gasteiger partial charge >= 0.3 is 5.69 Å². The minimum absolute atomic E-state index is 0.196. The summed E-state index contributed by atoms with van der Waals surface area (Å²) in [4.78, 5) is 45.3. The number of pyridine rings is 2. The molecule has 5 heterocycles. The molecule has 146 valence electrons. The molecule has 29 heavy (non-hydrogen) atoms. The van der Waals surface area contributed by atoms with Crippen LogP contribution in [0.2, 0.25) is 0 Å². The number of likely N-dealkylation sites (tertiary alicyclic amines) is 1. The summed E-state index contributed by atoms with van der Waals surface area (Å²) in [5.74, 6) is 0.475. The summed E-state index contributed by atoms with van der Waals surface area (Å²) in [6.07, 6.45) is 4.90. The molecule has 0 aliphatic carbocycles. The minimum atomic E-state index is -0.563. The second kappa shape index (κ2) is 6.36. The van der Waals surface area contributed by atoms with Crippen LogP contribution in [0.15, 0.2) is 46.2 Å². The van der Waals surface area contributed by atoms with Crippen LogP contribution in [-0.4, -0.2) is 46.5 Å². The van der Waals surface area contributed by atoms with Gasteiger partial charge in [-0.2, -0.15) is 0 Å². The normalized spacial score (nSPS) is 16.7. The lowest BCUT2D eigenvalue weighted by molar-refractivity contribution is 0.0729. The van der Waals surface area contributed by atoms with Crippen LogP contribution >= 0.6 is 0 Å². The molecular formula is C19H17N7O3. The maximum Gasteiger partial charge on any atom is 0.329 e. The number of nitrogens with one attached hydrogen (secondary N) is 1. The van der Waals surface area contributed by atoms with Gasteiger partial charge in [-0.25, -0.2) is 9.78 Å². The summed E-state index contributed by atoms with van der Waals surface area (Å²) in [5, 5.41) is 8.68. The van der Waals surface area contributed by atoms with Crippen LogP contribution in [0, 0.1) is 0 Å². The maximum absolute atomic E-state index is 13.2. The van der Waals surface area contributed by atoms with Gasteiger partial charge in [0.15, 0.2) is 11.5 Å². The molecule has 1 amide bonds. The molecule has 1 fully saturated rings. The van der Waals surface area contributed by atoms with Gasteiger partial charge in [0, 0.05) is 26.0 Å². The number of aromatic nitrogens is 6. The van der Waals surface area contributed by atoms with E-state index in [1.54, 1.807) is 4.90 Å². The number of amides is 1. The lowest BCUT2D eigenvalue weighted by Gasteiger charge is -2.23. The van der Waals surface area contributed by atoms with E-state index in [1.807, 2.05) is 28.8 Å². The molecule has 1 unspecified atom stereocenters. The Morgan fingerprint density at radius 1 is 1.24 bits per heavy atom. The fourth-order valence-electron chi connectivity index (χ4n) is 3.88. The number of carbonyl (C=O) groups is 1. The Balaban J connectivity index is 1.56. The van der Waals surface area contributed by atoms with E-state index in [0.717, 1.165) is 18.5 Å². The van der Waals surface area contributed by atoms with E-state index < -0.39 is 11.2 Å². The first-order valence-electron chi connectivity index (χ1n) is 9.24. The molecule has 1 aliphatic rings. The fraction of sp³-hybridized carbons (Fsp3) is 0.263. The number of H-pyrrole nitrogens is 1. The van der Waals surface area contributed by atoms with Crippen molar-refractivity contribution in [1.29, 1.82) is 0 Å². The number of aromatic amines is 1. The predicted octanol–water partition coefficient (Wildman–Crippen LogP) is 0.642. The molecule has 1 N–H and O–H groups in total. The lowest BCUT2D eigenvalue weighted by atomic mass is 10.1. The number of fused-ring (bicyclic) bond motifs is 2. The number of nitrogens with zero attached hydrogens (tertiary/aromatic N) is 6. The van der Waals surface area contributed by atoms with E-state index in [0.29, 0.717) is 17.9 Å². The molecule has 4 aromatic heterocycles. The van der Waals surface area contributed by atoms with Gasteiger partial charge in [-0.1, -0.05) is 6.07 Å². The van der Waals surface area contributed by atoms with Crippen LogP contribution < -0.4 is 11.2 Å². The monoisotopic (exact) mass is 391 g/mol. The lowest BCUT2D eigenvalue weighted by Crippen LogP contribution is -2.32. The second-order valence-corrected chi connectivity index (χ2v) is 7.06. The summed E-state index contributed by atoms with van der Waals surface area (Å²) < 4.78 is 3.13. The largest absolute Gasteiger partial charge is 0.329 e. The van der Waals surface area contributed by atoms with Gasteiger partial charge in [-0.3, -0.25) is 23.5 Å². The van der Waals surface area contributed by atoms with E-state index in [9.17, 15) is 14.4 Å². The van der Waals surface area contributed by atoms with Gasteiger partial charge < -0.3 is 4.90 Å². The summed E-state index contributed by atoms with van der Waals surface area (Å²) >= 11 is 0. The first-order valence-corrected chi connectivity index (χ1v) is 9.24. The topological polar surface area (TPSA) is 118 Å². The van der Waals surface area contributed by atoms with Gasteiger partial charge in [-0.15, -0.1) is 10.2 Å². The van der Waals surface area contributed by atoms with Crippen molar-refractivity contribution in [3.63, 3.8) is 0 Å². The third-order valence-corrected chi connectivity index (χ3v) is 5.35. The van der Waals surface area contributed by atoms with Crippen LogP contribution in [0.4, 0.5) is 0 Å². The van der Waals surface area contributed by atoms with Gasteiger partial charge in [0.25, 0.3) is 11.5 Å². The van der Waals surface area contributed by atoms with Crippen molar-refractivity contribution >= 4 is 22.6 Å². The van der Waals surface area contributed by atoms with Crippen molar-refractivity contribution in [2.45, 2.75) is 18.9 Å². The summed E-state index contributed by atoms with van der Waals surface area (Å²) in [5.41, 5.74) is 0.139. The SMILES string of the molecule is Cn1c(=O)[nH]c(=O)c2cc(C(=O)N3CCCC3c3nnc4ccccn34)cnc21. The van der Waals surface area contributed by atoms with E-state index in [-0.39, 0.29) is 23.0 Å². The molecule has 10 heteroatoms. The van der Waals surface area contributed by atoms with Crippen molar-refractivity contribution in [2.75, 3.05) is 6.54 Å². The Hall–Kier alpha value is -3.82. The van der Waals surface area contributed by atoms with Crippen molar-refractivity contribution < 1.29 is 4.79 Å². The molecule has 0 radical (unpaired) electrons. The Morgan fingerprint density at radius 2 is 2.10 bits per heavy atom. The summed E-state index contributed by atoms with van der Waals surface area (Å²) in [6.45, 7) is 0.576. The zero-order chi connectivity index (χ0) is 20.1. The summed E-state index contributed by atoms with van der Waals surface area (Å²) in [6, 6.07) is 6.91. The molecule has 0 bridgehead atoms. The second-order valence-electron chi connectivity index (χ2n) is 7.06. The molecule has 10 nitrogen and oxygen atoms in total. The number of hydrogen-bond acceptors (Lipinski definition) is 6. The average Bonchev–Trinajstić information content (AvgIpc) is 3.38. The number of rotatable bonds is 2. The summed E-state index contributed by atoms with van der Waals surface area (Å²) in [7, 11) is 1.52. The van der Waals surface area contributed by atoms with Crippen LogP contribution in [-0.2, 0) is 7.05 Å². The molecule has 1 aliphatic heterocycles. The first-order chi connectivity index (χ1) is 14.0. The van der Waals surface area contributed by atoms with Gasteiger partial charge in [0.05, 0.1) is 17.0 Å². The van der Waals surface area contributed by atoms with E-state index in [2.05, 4.69) is 20.2 Å². The van der Waals surface area contributed by atoms with Gasteiger partial charge in [-0.05, 0) is 31.0 Å². The molecule has 0 saturated carbocycles. The van der Waals surface area contributed by atoms with Crippen LogP contribution in [0.1, 0.15) is 35.1 Å². The standard InChI is InChI=1S/C19H17N7O3/c1-24-15-12(17(27)21-19(24)29)9-11(10-20-15)18(28)25-8-4-5-13(25)16-23-22-14-6-2-3-7-26(14)16/h2-3,6-7,9-10,13H,4-5,8H2,1H3,(H,21,27,29). The highest BCUT2D eigenvalue weighted by molar-refractivity contribution is 5.97. The predicted molar refractivity (Wildman–Crippen MR) is 104 cm³/mol. The molecule has 4 aromatic rings. The van der Waals surface area contributed by atoms with Crippen LogP contribution in [0.3, 0.4) is 0 Å². The number of hydrogen-bond donors (Lipinski definition) is 1. The Kier molecular flexibility index (Phi) is 3.79. The Morgan fingerprint density at radius 3 is 2.97 bits per heavy atom. The molecule has 1 atom stereocenters. The first kappa shape index (κ1) is 17.3. The Bertz CT molecular complexity index is 1380. The van der Waals surface area contributed by atoms with Gasteiger partial charge in [0.1, 0.15) is 5.65 Å².